The fraction of sp³-hybridized carbons (Fsp3) is 0.167. The average Bonchev–Trinajstić information content (AvgIpc) is 2.37. The summed E-state index contributed by atoms with van der Waals surface area (Å²) in [5, 5.41) is 11.2. The number of aryl methyl sites for hydroxylation is 1. The summed E-state index contributed by atoms with van der Waals surface area (Å²) in [6.45, 7) is 1.77. The summed E-state index contributed by atoms with van der Waals surface area (Å²) in [6, 6.07) is 8.26. The van der Waals surface area contributed by atoms with Gasteiger partial charge in [-0.15, -0.1) is 0 Å². The van der Waals surface area contributed by atoms with Gasteiger partial charge in [0.05, 0.1) is 5.69 Å². The second kappa shape index (κ2) is 5.62. The first-order valence-electron chi connectivity index (χ1n) is 5.42. The molecule has 0 aliphatic carbocycles. The average molecular weight is 280 g/mol. The van der Waals surface area contributed by atoms with E-state index in [1.807, 2.05) is 0 Å². The highest BCUT2D eigenvalue weighted by Crippen LogP contribution is 2.25. The predicted molar refractivity (Wildman–Crippen MR) is 69.2 cm³/mol. The largest absolute Gasteiger partial charge is 0.479 e. The number of aromatic nitrogens is 2. The van der Waals surface area contributed by atoms with Crippen LogP contribution in [0.15, 0.2) is 30.3 Å². The highest BCUT2D eigenvalue weighted by molar-refractivity contribution is 6.29. The van der Waals surface area contributed by atoms with Gasteiger partial charge in [0, 0.05) is 6.92 Å². The van der Waals surface area contributed by atoms with E-state index in [1.54, 1.807) is 31.2 Å². The zero-order chi connectivity index (χ0) is 13.8. The number of nitro groups is 1. The minimum atomic E-state index is -0.576. The molecule has 0 radical (unpaired) electrons. The molecule has 0 atom stereocenters. The Labute approximate surface area is 114 Å². The van der Waals surface area contributed by atoms with Crippen LogP contribution in [0.4, 0.5) is 5.82 Å². The molecular weight excluding hydrogens is 270 g/mol. The lowest BCUT2D eigenvalue weighted by Gasteiger charge is -2.06. The van der Waals surface area contributed by atoms with E-state index in [0.717, 1.165) is 0 Å². The van der Waals surface area contributed by atoms with E-state index in [2.05, 4.69) is 9.97 Å². The Bertz CT molecular complexity index is 619. The maximum Gasteiger partial charge on any atom is 0.406 e. The number of halogens is 1. The molecule has 0 aliphatic rings. The van der Waals surface area contributed by atoms with Crippen LogP contribution in [0.3, 0.4) is 0 Å². The molecule has 19 heavy (non-hydrogen) atoms. The number of hydrogen-bond donors (Lipinski definition) is 0. The summed E-state index contributed by atoms with van der Waals surface area (Å²) in [4.78, 5) is 18.2. The molecule has 0 bridgehead atoms. The van der Waals surface area contributed by atoms with E-state index in [1.165, 1.54) is 6.07 Å². The van der Waals surface area contributed by atoms with Gasteiger partial charge < -0.3 is 14.9 Å². The van der Waals surface area contributed by atoms with Gasteiger partial charge in [0.2, 0.25) is 5.75 Å². The topological polar surface area (TPSA) is 78.2 Å². The third kappa shape index (κ3) is 3.38. The third-order valence-corrected chi connectivity index (χ3v) is 2.51. The Hall–Kier alpha value is -2.21. The van der Waals surface area contributed by atoms with Gasteiger partial charge >= 0.3 is 5.82 Å². The van der Waals surface area contributed by atoms with Crippen molar-refractivity contribution in [1.29, 1.82) is 0 Å². The summed E-state index contributed by atoms with van der Waals surface area (Å²) < 4.78 is 5.37. The van der Waals surface area contributed by atoms with Crippen LogP contribution in [0.25, 0.3) is 0 Å². The van der Waals surface area contributed by atoms with E-state index in [-0.39, 0.29) is 18.2 Å². The lowest BCUT2D eigenvalue weighted by atomic mass is 10.3. The molecule has 2 aromatic rings. The molecule has 6 nitrogen and oxygen atoms in total. The summed E-state index contributed by atoms with van der Waals surface area (Å²) in [6.07, 6.45) is 0. The summed E-state index contributed by atoms with van der Waals surface area (Å²) in [5.41, 5.74) is 1.14. The van der Waals surface area contributed by atoms with E-state index in [4.69, 9.17) is 16.3 Å². The van der Waals surface area contributed by atoms with Crippen LogP contribution in [0, 0.1) is 17.0 Å². The van der Waals surface area contributed by atoms with E-state index in [9.17, 15) is 10.1 Å². The Morgan fingerprint density at radius 3 is 2.79 bits per heavy atom. The van der Waals surface area contributed by atoms with Gasteiger partial charge in [0.25, 0.3) is 0 Å². The summed E-state index contributed by atoms with van der Waals surface area (Å²) in [5.74, 6) is -0.195. The predicted octanol–water partition coefficient (Wildman–Crippen LogP) is 2.93. The number of hydrogen-bond acceptors (Lipinski definition) is 5. The van der Waals surface area contributed by atoms with Crippen LogP contribution in [0.2, 0.25) is 5.15 Å². The van der Waals surface area contributed by atoms with Gasteiger partial charge in [-0.05, 0) is 34.2 Å². The zero-order valence-corrected chi connectivity index (χ0v) is 10.8. The van der Waals surface area contributed by atoms with Crippen LogP contribution in [-0.2, 0) is 6.61 Å². The molecule has 2 rings (SSSR count). The van der Waals surface area contributed by atoms with E-state index in [0.29, 0.717) is 16.5 Å². The van der Waals surface area contributed by atoms with Crippen molar-refractivity contribution in [3.63, 3.8) is 0 Å². The number of rotatable bonds is 4. The molecule has 0 spiro atoms. The first-order chi connectivity index (χ1) is 9.06. The molecule has 7 heteroatoms. The molecule has 0 aliphatic heterocycles. The van der Waals surface area contributed by atoms with Crippen LogP contribution in [-0.4, -0.2) is 14.9 Å². The van der Waals surface area contributed by atoms with Crippen molar-refractivity contribution >= 4 is 17.4 Å². The maximum absolute atomic E-state index is 10.9. The van der Waals surface area contributed by atoms with Crippen molar-refractivity contribution in [3.05, 3.63) is 57.0 Å². The molecule has 0 fully saturated rings. The molecule has 0 unspecified atom stereocenters. The number of pyridine rings is 2. The highest BCUT2D eigenvalue weighted by atomic mass is 35.5. The molecule has 0 N–H and O–H groups in total. The molecule has 0 saturated carbocycles. The maximum atomic E-state index is 10.9. The first-order valence-corrected chi connectivity index (χ1v) is 5.80. The zero-order valence-electron chi connectivity index (χ0n) is 10.0. The quantitative estimate of drug-likeness (QED) is 0.488. The van der Waals surface area contributed by atoms with Gasteiger partial charge in [-0.3, -0.25) is 0 Å². The molecule has 0 aromatic carbocycles. The normalized spacial score (nSPS) is 10.2. The SMILES string of the molecule is Cc1ccc(OCc2cccc(Cl)n2)c([N+](=O)[O-])n1. The minimum absolute atomic E-state index is 0.0894. The molecule has 98 valence electrons. The van der Waals surface area contributed by atoms with E-state index < -0.39 is 4.92 Å². The number of ether oxygens (including phenoxy) is 1. The summed E-state index contributed by atoms with van der Waals surface area (Å²) in [7, 11) is 0. The van der Waals surface area contributed by atoms with Crippen molar-refractivity contribution in [2.24, 2.45) is 0 Å². The Kier molecular flexibility index (Phi) is 3.91. The van der Waals surface area contributed by atoms with Gasteiger partial charge in [-0.2, -0.15) is 0 Å². The lowest BCUT2D eigenvalue weighted by molar-refractivity contribution is -0.390. The Morgan fingerprint density at radius 1 is 1.32 bits per heavy atom. The third-order valence-electron chi connectivity index (χ3n) is 2.30. The standard InChI is InChI=1S/C12H10ClN3O3/c1-8-5-6-10(12(14-8)16(17)18)19-7-9-3-2-4-11(13)15-9/h2-6H,7H2,1H3. The first kappa shape index (κ1) is 13.2. The molecule has 0 amide bonds. The number of nitrogens with zero attached hydrogens (tertiary/aromatic N) is 3. The Morgan fingerprint density at radius 2 is 2.11 bits per heavy atom. The lowest BCUT2D eigenvalue weighted by Crippen LogP contribution is -2.02. The highest BCUT2D eigenvalue weighted by Gasteiger charge is 2.17. The Balaban J connectivity index is 2.17. The molecule has 2 aromatic heterocycles. The van der Waals surface area contributed by atoms with Gasteiger partial charge in [-0.1, -0.05) is 17.7 Å². The van der Waals surface area contributed by atoms with Crippen molar-refractivity contribution in [2.45, 2.75) is 13.5 Å². The van der Waals surface area contributed by atoms with E-state index >= 15 is 0 Å². The van der Waals surface area contributed by atoms with Crippen molar-refractivity contribution in [3.8, 4) is 5.75 Å². The smallest absolute Gasteiger partial charge is 0.406 e. The van der Waals surface area contributed by atoms with Crippen LogP contribution in [0.1, 0.15) is 11.4 Å². The van der Waals surface area contributed by atoms with Gasteiger partial charge in [0.1, 0.15) is 17.5 Å². The van der Waals surface area contributed by atoms with Crippen LogP contribution < -0.4 is 4.74 Å². The van der Waals surface area contributed by atoms with Crippen molar-refractivity contribution in [2.75, 3.05) is 0 Å². The van der Waals surface area contributed by atoms with Crippen molar-refractivity contribution in [1.82, 2.24) is 9.97 Å². The van der Waals surface area contributed by atoms with Crippen LogP contribution in [0.5, 0.6) is 5.75 Å². The van der Waals surface area contributed by atoms with Crippen LogP contribution >= 0.6 is 11.6 Å². The van der Waals surface area contributed by atoms with Crippen molar-refractivity contribution < 1.29 is 9.66 Å². The molecular formula is C12H10ClN3O3. The summed E-state index contributed by atoms with van der Waals surface area (Å²) >= 11 is 5.74. The second-order valence-corrected chi connectivity index (χ2v) is 4.16. The van der Waals surface area contributed by atoms with Gasteiger partial charge in [-0.25, -0.2) is 4.98 Å². The second-order valence-electron chi connectivity index (χ2n) is 3.77. The fourth-order valence-electron chi connectivity index (χ4n) is 1.46. The molecule has 2 heterocycles. The van der Waals surface area contributed by atoms with Gasteiger partial charge in [0.15, 0.2) is 0 Å². The minimum Gasteiger partial charge on any atom is -0.479 e. The monoisotopic (exact) mass is 279 g/mol. The molecule has 0 saturated heterocycles. The fourth-order valence-corrected chi connectivity index (χ4v) is 1.64.